The number of methoxy groups -OCH3 is 1. The van der Waals surface area contributed by atoms with Crippen molar-refractivity contribution in [1.29, 1.82) is 0 Å². The van der Waals surface area contributed by atoms with Crippen LogP contribution in [0.2, 0.25) is 0 Å². The smallest absolute Gasteiger partial charge is 0.0502 e. The molecule has 108 valence electrons. The van der Waals surface area contributed by atoms with Crippen molar-refractivity contribution in [2.24, 2.45) is 5.92 Å². The summed E-state index contributed by atoms with van der Waals surface area (Å²) in [4.78, 5) is 2.59. The van der Waals surface area contributed by atoms with Crippen LogP contribution in [0, 0.1) is 5.92 Å². The lowest BCUT2D eigenvalue weighted by molar-refractivity contribution is 0.0911. The number of hydrogen-bond donors (Lipinski definition) is 1. The molecule has 1 atom stereocenters. The SMILES string of the molecule is CCCCCCNCCN1CCCC(COC)C1. The second-order valence-corrected chi connectivity index (χ2v) is 5.57. The number of rotatable bonds is 10. The molecule has 0 aromatic heterocycles. The maximum absolute atomic E-state index is 5.27. The van der Waals surface area contributed by atoms with Crippen molar-refractivity contribution in [2.75, 3.05) is 46.4 Å². The Morgan fingerprint density at radius 2 is 2.11 bits per heavy atom. The van der Waals surface area contributed by atoms with Gasteiger partial charge in [0.2, 0.25) is 0 Å². The van der Waals surface area contributed by atoms with Crippen LogP contribution in [0.5, 0.6) is 0 Å². The number of unbranched alkanes of at least 4 members (excludes halogenated alkanes) is 3. The molecule has 1 N–H and O–H groups in total. The standard InChI is InChI=1S/C15H32N2O/c1-3-4-5-6-9-16-10-12-17-11-7-8-15(13-17)14-18-2/h15-16H,3-14H2,1-2H3. The van der Waals surface area contributed by atoms with Crippen LogP contribution >= 0.6 is 0 Å². The summed E-state index contributed by atoms with van der Waals surface area (Å²) in [6.07, 6.45) is 8.10. The third-order valence-corrected chi connectivity index (χ3v) is 3.82. The quantitative estimate of drug-likeness (QED) is 0.608. The Morgan fingerprint density at radius 1 is 1.22 bits per heavy atom. The average molecular weight is 256 g/mol. The topological polar surface area (TPSA) is 24.5 Å². The Morgan fingerprint density at radius 3 is 2.89 bits per heavy atom. The zero-order chi connectivity index (χ0) is 13.1. The Labute approximate surface area is 113 Å². The molecule has 0 radical (unpaired) electrons. The summed E-state index contributed by atoms with van der Waals surface area (Å²) in [6, 6.07) is 0. The first-order valence-corrected chi connectivity index (χ1v) is 7.78. The van der Waals surface area contributed by atoms with E-state index in [1.165, 1.54) is 64.7 Å². The van der Waals surface area contributed by atoms with Gasteiger partial charge in [-0.2, -0.15) is 0 Å². The van der Waals surface area contributed by atoms with Gasteiger partial charge in [0.15, 0.2) is 0 Å². The zero-order valence-corrected chi connectivity index (χ0v) is 12.4. The Balaban J connectivity index is 1.94. The summed E-state index contributed by atoms with van der Waals surface area (Å²) in [6.45, 7) is 9.24. The molecule has 3 nitrogen and oxygen atoms in total. The Bertz CT molecular complexity index is 185. The van der Waals surface area contributed by atoms with E-state index in [1.54, 1.807) is 0 Å². The van der Waals surface area contributed by atoms with E-state index in [4.69, 9.17) is 4.74 Å². The van der Waals surface area contributed by atoms with E-state index >= 15 is 0 Å². The van der Waals surface area contributed by atoms with E-state index in [0.717, 1.165) is 19.1 Å². The van der Waals surface area contributed by atoms with Crippen molar-refractivity contribution in [1.82, 2.24) is 10.2 Å². The largest absolute Gasteiger partial charge is 0.384 e. The summed E-state index contributed by atoms with van der Waals surface area (Å²) in [7, 11) is 1.82. The molecule has 0 aromatic carbocycles. The fraction of sp³-hybridized carbons (Fsp3) is 1.00. The molecule has 1 aliphatic heterocycles. The van der Waals surface area contributed by atoms with Gasteiger partial charge in [-0.3, -0.25) is 0 Å². The van der Waals surface area contributed by atoms with Gasteiger partial charge in [-0.05, 0) is 38.3 Å². The number of likely N-dealkylation sites (tertiary alicyclic amines) is 1. The predicted molar refractivity (Wildman–Crippen MR) is 78.1 cm³/mol. The molecule has 0 aromatic rings. The van der Waals surface area contributed by atoms with Crippen LogP contribution in [0.1, 0.15) is 45.4 Å². The highest BCUT2D eigenvalue weighted by molar-refractivity contribution is 4.73. The summed E-state index contributed by atoms with van der Waals surface area (Å²) < 4.78 is 5.27. The molecular weight excluding hydrogens is 224 g/mol. The highest BCUT2D eigenvalue weighted by Crippen LogP contribution is 2.15. The maximum atomic E-state index is 5.27. The van der Waals surface area contributed by atoms with Crippen LogP contribution in [-0.4, -0.2) is 51.3 Å². The zero-order valence-electron chi connectivity index (χ0n) is 12.4. The van der Waals surface area contributed by atoms with Crippen LogP contribution in [0.25, 0.3) is 0 Å². The average Bonchev–Trinajstić information content (AvgIpc) is 2.39. The second-order valence-electron chi connectivity index (χ2n) is 5.57. The molecule has 0 spiro atoms. The van der Waals surface area contributed by atoms with Crippen molar-refractivity contribution >= 4 is 0 Å². The van der Waals surface area contributed by atoms with E-state index in [9.17, 15) is 0 Å². The first-order chi connectivity index (χ1) is 8.86. The van der Waals surface area contributed by atoms with Gasteiger partial charge in [0.25, 0.3) is 0 Å². The van der Waals surface area contributed by atoms with Crippen LogP contribution in [0.4, 0.5) is 0 Å². The van der Waals surface area contributed by atoms with E-state index < -0.39 is 0 Å². The van der Waals surface area contributed by atoms with Gasteiger partial charge < -0.3 is 15.0 Å². The number of nitrogens with one attached hydrogen (secondary N) is 1. The number of ether oxygens (including phenoxy) is 1. The first kappa shape index (κ1) is 15.9. The van der Waals surface area contributed by atoms with E-state index in [0.29, 0.717) is 0 Å². The van der Waals surface area contributed by atoms with Gasteiger partial charge in [-0.15, -0.1) is 0 Å². The predicted octanol–water partition coefficient (Wildman–Crippen LogP) is 2.51. The molecule has 1 fully saturated rings. The van der Waals surface area contributed by atoms with Gasteiger partial charge in [0.05, 0.1) is 6.61 Å². The number of hydrogen-bond acceptors (Lipinski definition) is 3. The van der Waals surface area contributed by atoms with Crippen LogP contribution < -0.4 is 5.32 Å². The molecule has 1 aliphatic rings. The van der Waals surface area contributed by atoms with Crippen molar-refractivity contribution in [3.8, 4) is 0 Å². The van der Waals surface area contributed by atoms with Crippen molar-refractivity contribution < 1.29 is 4.74 Å². The molecule has 1 saturated heterocycles. The van der Waals surface area contributed by atoms with Crippen LogP contribution in [0.3, 0.4) is 0 Å². The van der Waals surface area contributed by atoms with Crippen molar-refractivity contribution in [3.05, 3.63) is 0 Å². The molecular formula is C15H32N2O. The van der Waals surface area contributed by atoms with Crippen molar-refractivity contribution in [3.63, 3.8) is 0 Å². The molecule has 1 rings (SSSR count). The summed E-state index contributed by atoms with van der Waals surface area (Å²) in [5.74, 6) is 0.758. The molecule has 3 heteroatoms. The Kier molecular flexibility index (Phi) is 9.54. The monoisotopic (exact) mass is 256 g/mol. The summed E-state index contributed by atoms with van der Waals surface area (Å²) in [5.41, 5.74) is 0. The first-order valence-electron chi connectivity index (χ1n) is 7.78. The van der Waals surface area contributed by atoms with Gasteiger partial charge in [0, 0.05) is 26.7 Å². The molecule has 0 bridgehead atoms. The minimum absolute atomic E-state index is 0.758. The molecule has 0 amide bonds. The third-order valence-electron chi connectivity index (χ3n) is 3.82. The third kappa shape index (κ3) is 7.34. The maximum Gasteiger partial charge on any atom is 0.0502 e. The fourth-order valence-electron chi connectivity index (χ4n) is 2.77. The molecule has 0 aliphatic carbocycles. The van der Waals surface area contributed by atoms with E-state index in [1.807, 2.05) is 7.11 Å². The molecule has 18 heavy (non-hydrogen) atoms. The number of nitrogens with zero attached hydrogens (tertiary/aromatic N) is 1. The van der Waals surface area contributed by atoms with Gasteiger partial charge in [-0.25, -0.2) is 0 Å². The van der Waals surface area contributed by atoms with Crippen molar-refractivity contribution in [2.45, 2.75) is 45.4 Å². The van der Waals surface area contributed by atoms with Gasteiger partial charge >= 0.3 is 0 Å². The second kappa shape index (κ2) is 10.8. The van der Waals surface area contributed by atoms with Crippen LogP contribution in [0.15, 0.2) is 0 Å². The minimum Gasteiger partial charge on any atom is -0.384 e. The minimum atomic E-state index is 0.758. The van der Waals surface area contributed by atoms with E-state index in [-0.39, 0.29) is 0 Å². The normalized spacial score (nSPS) is 21.3. The summed E-state index contributed by atoms with van der Waals surface area (Å²) >= 11 is 0. The lowest BCUT2D eigenvalue weighted by atomic mass is 9.99. The lowest BCUT2D eigenvalue weighted by Crippen LogP contribution is -2.40. The van der Waals surface area contributed by atoms with Gasteiger partial charge in [0.1, 0.15) is 0 Å². The molecule has 1 unspecified atom stereocenters. The summed E-state index contributed by atoms with van der Waals surface area (Å²) in [5, 5.41) is 3.57. The fourth-order valence-corrected chi connectivity index (χ4v) is 2.77. The molecule has 0 saturated carbocycles. The highest BCUT2D eigenvalue weighted by Gasteiger charge is 2.18. The van der Waals surface area contributed by atoms with Crippen LogP contribution in [-0.2, 0) is 4.74 Å². The lowest BCUT2D eigenvalue weighted by Gasteiger charge is -2.32. The molecule has 1 heterocycles. The highest BCUT2D eigenvalue weighted by atomic mass is 16.5. The van der Waals surface area contributed by atoms with Gasteiger partial charge in [-0.1, -0.05) is 26.2 Å². The van der Waals surface area contributed by atoms with E-state index in [2.05, 4.69) is 17.1 Å². The Hall–Kier alpha value is -0.120. The number of piperidine rings is 1.